The third-order valence-electron chi connectivity index (χ3n) is 3.51. The van der Waals surface area contributed by atoms with Gasteiger partial charge in [-0.1, -0.05) is 13.8 Å². The molecule has 3 unspecified atom stereocenters. The average Bonchev–Trinajstić information content (AvgIpc) is 2.69. The van der Waals surface area contributed by atoms with Crippen LogP contribution in [0.3, 0.4) is 0 Å². The van der Waals surface area contributed by atoms with E-state index in [9.17, 15) is 4.79 Å². The van der Waals surface area contributed by atoms with Gasteiger partial charge in [-0.05, 0) is 12.8 Å². The average molecular weight is 214 g/mol. The van der Waals surface area contributed by atoms with Gasteiger partial charge < -0.3 is 14.2 Å². The van der Waals surface area contributed by atoms with Crippen molar-refractivity contribution in [2.45, 2.75) is 44.5 Å². The SMILES string of the molecule is COC(=O)C1(C(C)C)OC12COC(C)C2. The lowest BCUT2D eigenvalue weighted by Crippen LogP contribution is -2.40. The van der Waals surface area contributed by atoms with Crippen LogP contribution >= 0.6 is 0 Å². The van der Waals surface area contributed by atoms with Crippen molar-refractivity contribution in [2.75, 3.05) is 13.7 Å². The summed E-state index contributed by atoms with van der Waals surface area (Å²) in [7, 11) is 1.40. The van der Waals surface area contributed by atoms with E-state index in [2.05, 4.69) is 0 Å². The Morgan fingerprint density at radius 1 is 1.53 bits per heavy atom. The number of ether oxygens (including phenoxy) is 3. The molecule has 2 aliphatic rings. The van der Waals surface area contributed by atoms with Crippen molar-refractivity contribution in [1.82, 2.24) is 0 Å². The lowest BCUT2D eigenvalue weighted by Gasteiger charge is -2.17. The number of carbonyl (C=O) groups excluding carboxylic acids is 1. The molecule has 2 rings (SSSR count). The first-order valence-corrected chi connectivity index (χ1v) is 5.39. The molecule has 3 atom stereocenters. The molecule has 15 heavy (non-hydrogen) atoms. The van der Waals surface area contributed by atoms with Crippen molar-refractivity contribution in [2.24, 2.45) is 5.92 Å². The molecule has 0 aliphatic carbocycles. The van der Waals surface area contributed by atoms with Crippen LogP contribution in [0.15, 0.2) is 0 Å². The van der Waals surface area contributed by atoms with Crippen LogP contribution < -0.4 is 0 Å². The molecule has 0 aromatic rings. The number of carbonyl (C=O) groups is 1. The lowest BCUT2D eigenvalue weighted by atomic mass is 9.82. The Bertz CT molecular complexity index is 288. The normalized spacial score (nSPS) is 43.7. The molecular weight excluding hydrogens is 196 g/mol. The minimum Gasteiger partial charge on any atom is -0.467 e. The molecule has 2 saturated heterocycles. The van der Waals surface area contributed by atoms with Crippen LogP contribution in [0.4, 0.5) is 0 Å². The second-order valence-electron chi connectivity index (χ2n) is 4.80. The summed E-state index contributed by atoms with van der Waals surface area (Å²) < 4.78 is 16.1. The largest absolute Gasteiger partial charge is 0.467 e. The first-order chi connectivity index (χ1) is 6.98. The number of esters is 1. The summed E-state index contributed by atoms with van der Waals surface area (Å²) in [6.07, 6.45) is 0.940. The summed E-state index contributed by atoms with van der Waals surface area (Å²) in [5, 5.41) is 0. The molecule has 0 N–H and O–H groups in total. The summed E-state index contributed by atoms with van der Waals surface area (Å²) >= 11 is 0. The highest BCUT2D eigenvalue weighted by molar-refractivity contribution is 5.85. The van der Waals surface area contributed by atoms with E-state index >= 15 is 0 Å². The van der Waals surface area contributed by atoms with Gasteiger partial charge in [0, 0.05) is 6.42 Å². The van der Waals surface area contributed by atoms with Crippen molar-refractivity contribution in [3.8, 4) is 0 Å². The van der Waals surface area contributed by atoms with E-state index in [-0.39, 0.29) is 18.0 Å². The Balaban J connectivity index is 2.23. The molecule has 0 bridgehead atoms. The van der Waals surface area contributed by atoms with E-state index in [1.54, 1.807) is 0 Å². The van der Waals surface area contributed by atoms with E-state index in [1.165, 1.54) is 7.11 Å². The van der Waals surface area contributed by atoms with E-state index in [0.29, 0.717) is 6.61 Å². The summed E-state index contributed by atoms with van der Waals surface area (Å²) in [6.45, 7) is 6.46. The van der Waals surface area contributed by atoms with Gasteiger partial charge >= 0.3 is 5.97 Å². The molecule has 1 spiro atoms. The first kappa shape index (κ1) is 10.9. The smallest absolute Gasteiger partial charge is 0.341 e. The molecule has 0 aromatic carbocycles. The monoisotopic (exact) mass is 214 g/mol. The van der Waals surface area contributed by atoms with Crippen molar-refractivity contribution < 1.29 is 19.0 Å². The number of hydrogen-bond acceptors (Lipinski definition) is 4. The Labute approximate surface area is 89.9 Å². The van der Waals surface area contributed by atoms with Crippen LogP contribution in [0.25, 0.3) is 0 Å². The maximum Gasteiger partial charge on any atom is 0.341 e. The second-order valence-corrected chi connectivity index (χ2v) is 4.80. The lowest BCUT2D eigenvalue weighted by molar-refractivity contribution is -0.148. The van der Waals surface area contributed by atoms with Crippen LogP contribution in [0.5, 0.6) is 0 Å². The third-order valence-corrected chi connectivity index (χ3v) is 3.51. The third kappa shape index (κ3) is 1.24. The minimum atomic E-state index is -0.771. The zero-order chi connectivity index (χ0) is 11.3. The fraction of sp³-hybridized carbons (Fsp3) is 0.909. The highest BCUT2D eigenvalue weighted by Gasteiger charge is 2.78. The number of methoxy groups -OCH3 is 1. The topological polar surface area (TPSA) is 48.1 Å². The second kappa shape index (κ2) is 3.19. The predicted molar refractivity (Wildman–Crippen MR) is 53.4 cm³/mol. The van der Waals surface area contributed by atoms with Gasteiger partial charge in [0.25, 0.3) is 0 Å². The van der Waals surface area contributed by atoms with Crippen LogP contribution in [-0.2, 0) is 19.0 Å². The molecule has 2 fully saturated rings. The van der Waals surface area contributed by atoms with Crippen molar-refractivity contribution in [3.63, 3.8) is 0 Å². The van der Waals surface area contributed by atoms with Crippen LogP contribution in [-0.4, -0.2) is 37.0 Å². The Hall–Kier alpha value is -0.610. The van der Waals surface area contributed by atoms with Gasteiger partial charge in [0.1, 0.15) is 5.60 Å². The van der Waals surface area contributed by atoms with E-state index in [0.717, 1.165) is 6.42 Å². The Kier molecular flexibility index (Phi) is 2.32. The van der Waals surface area contributed by atoms with Gasteiger partial charge in [-0.15, -0.1) is 0 Å². The van der Waals surface area contributed by atoms with Crippen LogP contribution in [0, 0.1) is 5.92 Å². The molecule has 2 aliphatic heterocycles. The summed E-state index contributed by atoms with van der Waals surface area (Å²) in [5.74, 6) is -0.158. The van der Waals surface area contributed by atoms with E-state index in [1.807, 2.05) is 20.8 Å². The van der Waals surface area contributed by atoms with Crippen molar-refractivity contribution in [3.05, 3.63) is 0 Å². The first-order valence-electron chi connectivity index (χ1n) is 5.39. The van der Waals surface area contributed by atoms with Crippen molar-refractivity contribution in [1.29, 1.82) is 0 Å². The minimum absolute atomic E-state index is 0.110. The highest BCUT2D eigenvalue weighted by Crippen LogP contribution is 2.58. The summed E-state index contributed by atoms with van der Waals surface area (Å²) in [4.78, 5) is 11.8. The van der Waals surface area contributed by atoms with Gasteiger partial charge in [-0.2, -0.15) is 0 Å². The van der Waals surface area contributed by atoms with Crippen molar-refractivity contribution >= 4 is 5.97 Å². The zero-order valence-corrected chi connectivity index (χ0v) is 9.70. The fourth-order valence-electron chi connectivity index (χ4n) is 2.73. The molecule has 0 aromatic heterocycles. The van der Waals surface area contributed by atoms with E-state index < -0.39 is 11.2 Å². The molecule has 0 radical (unpaired) electrons. The predicted octanol–water partition coefficient (Wildman–Crippen LogP) is 1.13. The maximum absolute atomic E-state index is 11.8. The summed E-state index contributed by atoms with van der Waals surface area (Å²) in [6, 6.07) is 0. The van der Waals surface area contributed by atoms with Crippen LogP contribution in [0.2, 0.25) is 0 Å². The molecule has 4 heteroatoms. The number of epoxide rings is 1. The summed E-state index contributed by atoms with van der Waals surface area (Å²) in [5.41, 5.74) is -1.19. The molecule has 0 saturated carbocycles. The molecule has 4 nitrogen and oxygen atoms in total. The number of rotatable bonds is 2. The standard InChI is InChI=1S/C11H18O4/c1-7(2)11(9(12)13-4)10(15-11)5-8(3)14-6-10/h7-8H,5-6H2,1-4H3. The van der Waals surface area contributed by atoms with Gasteiger partial charge in [0.05, 0.1) is 19.8 Å². The zero-order valence-electron chi connectivity index (χ0n) is 9.70. The quantitative estimate of drug-likeness (QED) is 0.510. The molecular formula is C11H18O4. The number of hydrogen-bond donors (Lipinski definition) is 0. The maximum atomic E-state index is 11.8. The van der Waals surface area contributed by atoms with Gasteiger partial charge in [0.15, 0.2) is 5.60 Å². The van der Waals surface area contributed by atoms with E-state index in [4.69, 9.17) is 14.2 Å². The Morgan fingerprint density at radius 2 is 2.20 bits per heavy atom. The Morgan fingerprint density at radius 3 is 2.60 bits per heavy atom. The highest BCUT2D eigenvalue weighted by atomic mass is 16.7. The fourth-order valence-corrected chi connectivity index (χ4v) is 2.73. The van der Waals surface area contributed by atoms with Gasteiger partial charge in [-0.25, -0.2) is 4.79 Å². The van der Waals surface area contributed by atoms with Crippen LogP contribution in [0.1, 0.15) is 27.2 Å². The molecule has 86 valence electrons. The molecule has 0 amide bonds. The van der Waals surface area contributed by atoms with Gasteiger partial charge in [-0.3, -0.25) is 0 Å². The van der Waals surface area contributed by atoms with Gasteiger partial charge in [0.2, 0.25) is 0 Å². The molecule has 2 heterocycles.